The van der Waals surface area contributed by atoms with E-state index in [-0.39, 0.29) is 6.03 Å². The third-order valence-electron chi connectivity index (χ3n) is 5.31. The van der Waals surface area contributed by atoms with Gasteiger partial charge in [-0.15, -0.1) is 0 Å². The maximum atomic E-state index is 12.8. The van der Waals surface area contributed by atoms with E-state index in [0.717, 1.165) is 50.0 Å². The Hall–Kier alpha value is -2.40. The Labute approximate surface area is 168 Å². The molecule has 1 fully saturated rings. The van der Waals surface area contributed by atoms with Gasteiger partial charge in [-0.25, -0.2) is 4.79 Å². The van der Waals surface area contributed by atoms with Gasteiger partial charge in [0, 0.05) is 37.6 Å². The normalized spacial score (nSPS) is 17.0. The van der Waals surface area contributed by atoms with Gasteiger partial charge in [0.25, 0.3) is 0 Å². The summed E-state index contributed by atoms with van der Waals surface area (Å²) in [6, 6.07) is 14.9. The monoisotopic (exact) mass is 380 g/mol. The Morgan fingerprint density at radius 3 is 2.64 bits per heavy atom. The second-order valence-corrected chi connectivity index (χ2v) is 7.92. The molecule has 1 saturated heterocycles. The number of hydrogen-bond donors (Lipinski definition) is 1. The van der Waals surface area contributed by atoms with Crippen molar-refractivity contribution < 1.29 is 4.79 Å². The van der Waals surface area contributed by atoms with Gasteiger partial charge in [-0.3, -0.25) is 4.98 Å². The second-order valence-electron chi connectivity index (χ2n) is 7.92. The lowest BCUT2D eigenvalue weighted by Crippen LogP contribution is -2.48. The van der Waals surface area contributed by atoms with Gasteiger partial charge >= 0.3 is 6.03 Å². The molecule has 2 aromatic rings. The van der Waals surface area contributed by atoms with Crippen LogP contribution in [-0.4, -0.2) is 47.5 Å². The lowest BCUT2D eigenvalue weighted by atomic mass is 9.97. The molecule has 0 bridgehead atoms. The number of carbonyl (C=O) groups excluding carboxylic acids is 1. The topological polar surface area (TPSA) is 48.5 Å². The van der Waals surface area contributed by atoms with Crippen molar-refractivity contribution in [2.24, 2.45) is 0 Å². The van der Waals surface area contributed by atoms with Gasteiger partial charge in [0.2, 0.25) is 0 Å². The summed E-state index contributed by atoms with van der Waals surface area (Å²) in [4.78, 5) is 21.4. The molecule has 0 aliphatic carbocycles. The lowest BCUT2D eigenvalue weighted by molar-refractivity contribution is 0.146. The van der Waals surface area contributed by atoms with Crippen LogP contribution < -0.4 is 5.32 Å². The van der Waals surface area contributed by atoms with Crippen molar-refractivity contribution >= 4 is 6.03 Å². The van der Waals surface area contributed by atoms with Crippen LogP contribution in [0.4, 0.5) is 4.79 Å². The van der Waals surface area contributed by atoms with Crippen LogP contribution in [0.15, 0.2) is 48.7 Å². The Bertz CT molecular complexity index is 730. The summed E-state index contributed by atoms with van der Waals surface area (Å²) in [7, 11) is 4.13. The van der Waals surface area contributed by atoms with Crippen LogP contribution in [0.5, 0.6) is 0 Å². The lowest BCUT2D eigenvalue weighted by Gasteiger charge is -2.36. The Kier molecular flexibility index (Phi) is 7.43. The first-order valence-corrected chi connectivity index (χ1v) is 10.3. The number of urea groups is 1. The van der Waals surface area contributed by atoms with E-state index in [0.29, 0.717) is 12.6 Å². The van der Waals surface area contributed by atoms with Gasteiger partial charge in [0.15, 0.2) is 0 Å². The molecular weight excluding hydrogens is 348 g/mol. The fourth-order valence-corrected chi connectivity index (χ4v) is 3.84. The number of rotatable bonds is 7. The number of carbonyl (C=O) groups is 1. The number of aryl methyl sites for hydroxylation is 1. The van der Waals surface area contributed by atoms with Crippen LogP contribution in [0.25, 0.3) is 0 Å². The number of piperidine rings is 1. The molecule has 0 unspecified atom stereocenters. The van der Waals surface area contributed by atoms with E-state index in [1.54, 1.807) is 0 Å². The standard InChI is InChI=1S/C23H32N4O/c1-26(2)18-20-11-9-19(10-12-20)17-25-23(28)27-16-6-4-8-22(27)14-13-21-7-3-5-15-24-21/h3,5,7,9-12,15,22H,4,6,8,13-14,16-18H2,1-2H3,(H,25,28)/t22-/m0/s1. The zero-order chi connectivity index (χ0) is 19.8. The summed E-state index contributed by atoms with van der Waals surface area (Å²) >= 11 is 0. The number of hydrogen-bond acceptors (Lipinski definition) is 3. The molecule has 1 N–H and O–H groups in total. The third-order valence-corrected chi connectivity index (χ3v) is 5.31. The zero-order valence-electron chi connectivity index (χ0n) is 17.1. The van der Waals surface area contributed by atoms with E-state index < -0.39 is 0 Å². The molecule has 1 atom stereocenters. The maximum absolute atomic E-state index is 12.8. The third kappa shape index (κ3) is 6.06. The molecule has 150 valence electrons. The fourth-order valence-electron chi connectivity index (χ4n) is 3.84. The van der Waals surface area contributed by atoms with Gasteiger partial charge in [-0.2, -0.15) is 0 Å². The van der Waals surface area contributed by atoms with Crippen LogP contribution in [0.3, 0.4) is 0 Å². The SMILES string of the molecule is CN(C)Cc1ccc(CNC(=O)N2CCCC[C@H]2CCc2ccccn2)cc1. The smallest absolute Gasteiger partial charge is 0.317 e. The highest BCUT2D eigenvalue weighted by atomic mass is 16.2. The second kappa shape index (κ2) is 10.2. The number of nitrogens with one attached hydrogen (secondary N) is 1. The van der Waals surface area contributed by atoms with Gasteiger partial charge in [-0.1, -0.05) is 30.3 Å². The molecule has 3 rings (SSSR count). The highest BCUT2D eigenvalue weighted by molar-refractivity contribution is 5.74. The van der Waals surface area contributed by atoms with Gasteiger partial charge < -0.3 is 15.1 Å². The quantitative estimate of drug-likeness (QED) is 0.794. The first-order valence-electron chi connectivity index (χ1n) is 10.3. The van der Waals surface area contributed by atoms with E-state index in [9.17, 15) is 4.79 Å². The minimum atomic E-state index is 0.0584. The van der Waals surface area contributed by atoms with Gasteiger partial charge in [0.05, 0.1) is 0 Å². The van der Waals surface area contributed by atoms with E-state index in [1.807, 2.05) is 23.2 Å². The molecule has 1 aliphatic heterocycles. The van der Waals surface area contributed by atoms with Crippen molar-refractivity contribution in [3.63, 3.8) is 0 Å². The zero-order valence-corrected chi connectivity index (χ0v) is 17.1. The Balaban J connectivity index is 1.51. The van der Waals surface area contributed by atoms with Gasteiger partial charge in [-0.05, 0) is 69.5 Å². The van der Waals surface area contributed by atoms with Crippen molar-refractivity contribution in [2.45, 2.75) is 51.2 Å². The number of likely N-dealkylation sites (tertiary alicyclic amines) is 1. The predicted molar refractivity (Wildman–Crippen MR) is 113 cm³/mol. The average Bonchev–Trinajstić information content (AvgIpc) is 2.72. The summed E-state index contributed by atoms with van der Waals surface area (Å²) in [5.74, 6) is 0. The molecule has 1 aromatic heterocycles. The van der Waals surface area contributed by atoms with Crippen LogP contribution >= 0.6 is 0 Å². The minimum Gasteiger partial charge on any atom is -0.334 e. The molecule has 1 aliphatic rings. The van der Waals surface area contributed by atoms with Crippen molar-refractivity contribution in [2.75, 3.05) is 20.6 Å². The van der Waals surface area contributed by atoms with E-state index in [1.165, 1.54) is 12.0 Å². The first-order chi connectivity index (χ1) is 13.6. The summed E-state index contributed by atoms with van der Waals surface area (Å²) in [5, 5.41) is 3.12. The number of nitrogens with zero attached hydrogens (tertiary/aromatic N) is 3. The molecule has 5 nitrogen and oxygen atoms in total. The molecule has 0 saturated carbocycles. The van der Waals surface area contributed by atoms with Crippen LogP contribution in [-0.2, 0) is 19.5 Å². The predicted octanol–water partition coefficient (Wildman–Crippen LogP) is 3.84. The molecule has 2 heterocycles. The number of aromatic nitrogens is 1. The van der Waals surface area contributed by atoms with Crippen molar-refractivity contribution in [3.8, 4) is 0 Å². The average molecular weight is 381 g/mol. The minimum absolute atomic E-state index is 0.0584. The molecule has 0 radical (unpaired) electrons. The van der Waals surface area contributed by atoms with Crippen molar-refractivity contribution in [1.82, 2.24) is 20.1 Å². The maximum Gasteiger partial charge on any atom is 0.317 e. The molecular formula is C23H32N4O. The number of amides is 2. The van der Waals surface area contributed by atoms with Crippen molar-refractivity contribution in [1.29, 1.82) is 0 Å². The van der Waals surface area contributed by atoms with Crippen molar-refractivity contribution in [3.05, 3.63) is 65.5 Å². The number of benzene rings is 1. The van der Waals surface area contributed by atoms with E-state index in [2.05, 4.69) is 59.6 Å². The summed E-state index contributed by atoms with van der Waals surface area (Å²) in [6.07, 6.45) is 7.10. The van der Waals surface area contributed by atoms with E-state index in [4.69, 9.17) is 0 Å². The highest BCUT2D eigenvalue weighted by Gasteiger charge is 2.26. The molecule has 0 spiro atoms. The first kappa shape index (κ1) is 20.3. The summed E-state index contributed by atoms with van der Waals surface area (Å²) in [5.41, 5.74) is 3.52. The molecule has 2 amide bonds. The summed E-state index contributed by atoms with van der Waals surface area (Å²) < 4.78 is 0. The largest absolute Gasteiger partial charge is 0.334 e. The Morgan fingerprint density at radius 1 is 1.14 bits per heavy atom. The molecule has 28 heavy (non-hydrogen) atoms. The van der Waals surface area contributed by atoms with E-state index >= 15 is 0 Å². The van der Waals surface area contributed by atoms with Gasteiger partial charge in [0.1, 0.15) is 0 Å². The van der Waals surface area contributed by atoms with Crippen LogP contribution in [0, 0.1) is 0 Å². The summed E-state index contributed by atoms with van der Waals surface area (Å²) in [6.45, 7) is 2.35. The number of pyridine rings is 1. The highest BCUT2D eigenvalue weighted by Crippen LogP contribution is 2.21. The molecule has 1 aromatic carbocycles. The van der Waals surface area contributed by atoms with Crippen LogP contribution in [0.1, 0.15) is 42.5 Å². The Morgan fingerprint density at radius 2 is 1.93 bits per heavy atom. The van der Waals surface area contributed by atoms with Crippen LogP contribution in [0.2, 0.25) is 0 Å². The fraction of sp³-hybridized carbons (Fsp3) is 0.478. The molecule has 5 heteroatoms.